The number of hydrogen-bond donors (Lipinski definition) is 0. The third-order valence-electron chi connectivity index (χ3n) is 5.67. The Morgan fingerprint density at radius 3 is 1.67 bits per heavy atom. The molecular formula is C26H10Cl5F2N9O3. The van der Waals surface area contributed by atoms with E-state index in [0.29, 0.717) is 0 Å². The van der Waals surface area contributed by atoms with Crippen molar-refractivity contribution in [2.24, 2.45) is 0 Å². The van der Waals surface area contributed by atoms with Crippen molar-refractivity contribution in [1.29, 1.82) is 0 Å². The van der Waals surface area contributed by atoms with Gasteiger partial charge in [0.1, 0.15) is 11.4 Å². The van der Waals surface area contributed by atoms with E-state index in [9.17, 15) is 8.78 Å². The molecular weight excluding hydrogens is 702 g/mol. The first kappa shape index (κ1) is 30.7. The second kappa shape index (κ2) is 12.9. The lowest BCUT2D eigenvalue weighted by atomic mass is 9.97. The van der Waals surface area contributed by atoms with Crippen LogP contribution in [0.3, 0.4) is 0 Å². The van der Waals surface area contributed by atoms with Crippen LogP contribution in [-0.4, -0.2) is 45.0 Å². The van der Waals surface area contributed by atoms with Crippen LogP contribution in [0.2, 0.25) is 25.1 Å². The molecule has 0 radical (unpaired) electrons. The van der Waals surface area contributed by atoms with Crippen molar-refractivity contribution in [3.05, 3.63) is 86.1 Å². The van der Waals surface area contributed by atoms with Crippen molar-refractivity contribution >= 4 is 58.0 Å². The number of alkyl halides is 2. The van der Waals surface area contributed by atoms with Gasteiger partial charge in [0.25, 0.3) is 6.43 Å². The smallest absolute Gasteiger partial charge is 0.325 e. The number of nitrogens with zero attached hydrogens (tertiary/aromatic N) is 9. The molecule has 0 saturated heterocycles. The second-order valence-corrected chi connectivity index (χ2v) is 10.6. The number of benzene rings is 1. The molecule has 1 aromatic carbocycles. The molecule has 0 spiro atoms. The highest BCUT2D eigenvalue weighted by atomic mass is 35.5. The van der Waals surface area contributed by atoms with Gasteiger partial charge in [-0.05, 0) is 6.07 Å². The molecule has 0 saturated carbocycles. The number of halogens is 7. The van der Waals surface area contributed by atoms with Gasteiger partial charge in [-0.1, -0.05) is 75.3 Å². The summed E-state index contributed by atoms with van der Waals surface area (Å²) in [5.74, 6) is -0.474. The minimum absolute atomic E-state index is 0.00924. The fraction of sp³-hybridized carbons (Fsp3) is 0.0385. The quantitative estimate of drug-likeness (QED) is 0.149. The molecule has 0 N–H and O–H groups in total. The summed E-state index contributed by atoms with van der Waals surface area (Å²) in [5, 5.41) is 4.39. The van der Waals surface area contributed by atoms with Crippen LogP contribution >= 0.6 is 58.0 Å². The van der Waals surface area contributed by atoms with Crippen molar-refractivity contribution in [1.82, 2.24) is 45.0 Å². The van der Waals surface area contributed by atoms with Gasteiger partial charge in [-0.15, -0.1) is 0 Å². The van der Waals surface area contributed by atoms with Crippen molar-refractivity contribution in [2.75, 3.05) is 0 Å². The monoisotopic (exact) mass is 709 g/mol. The maximum atomic E-state index is 14.8. The zero-order chi connectivity index (χ0) is 31.7. The SMILES string of the molecule is FC(F)c1c(-c2c(Cl)cccc2-c2nc(Oc3ncc(Cl)cn3)ncc2Cl)noc1-c1nc(Oc2ncc(Cl)cn2)ncc1Cl. The summed E-state index contributed by atoms with van der Waals surface area (Å²) in [6.07, 6.45) is 4.41. The number of aromatic nitrogens is 9. The zero-order valence-electron chi connectivity index (χ0n) is 21.7. The van der Waals surface area contributed by atoms with Gasteiger partial charge in [0.2, 0.25) is 0 Å². The number of hydrogen-bond acceptors (Lipinski definition) is 12. The highest BCUT2D eigenvalue weighted by Gasteiger charge is 2.32. The lowest BCUT2D eigenvalue weighted by Crippen LogP contribution is -2.00. The van der Waals surface area contributed by atoms with Gasteiger partial charge in [0.15, 0.2) is 5.76 Å². The summed E-state index contributed by atoms with van der Waals surface area (Å²) in [6.45, 7) is 0. The molecule has 0 unspecified atom stereocenters. The first-order valence-corrected chi connectivity index (χ1v) is 14.0. The van der Waals surface area contributed by atoms with E-state index in [1.54, 1.807) is 6.07 Å². The summed E-state index contributed by atoms with van der Waals surface area (Å²) in [7, 11) is 0. The molecule has 5 aromatic heterocycles. The van der Waals surface area contributed by atoms with Crippen LogP contribution in [0, 0.1) is 0 Å². The molecule has 0 fully saturated rings. The van der Waals surface area contributed by atoms with E-state index in [0.717, 1.165) is 6.20 Å². The van der Waals surface area contributed by atoms with Crippen molar-refractivity contribution < 1.29 is 22.8 Å². The Morgan fingerprint density at radius 1 is 0.600 bits per heavy atom. The van der Waals surface area contributed by atoms with Gasteiger partial charge in [-0.25, -0.2) is 38.7 Å². The summed E-state index contributed by atoms with van der Waals surface area (Å²) in [6, 6.07) is 3.78. The lowest BCUT2D eigenvalue weighted by Gasteiger charge is -2.13. The van der Waals surface area contributed by atoms with Gasteiger partial charge >= 0.3 is 24.0 Å². The van der Waals surface area contributed by atoms with E-state index in [-0.39, 0.29) is 77.4 Å². The molecule has 6 aromatic rings. The predicted molar refractivity (Wildman–Crippen MR) is 158 cm³/mol. The predicted octanol–water partition coefficient (Wildman–Crippen LogP) is 8.62. The first-order chi connectivity index (χ1) is 21.7. The number of ether oxygens (including phenoxy) is 2. The topological polar surface area (TPSA) is 148 Å². The van der Waals surface area contributed by atoms with E-state index >= 15 is 0 Å². The minimum Gasteiger partial charge on any atom is -0.388 e. The van der Waals surface area contributed by atoms with Gasteiger partial charge in [-0.2, -0.15) is 9.97 Å². The third kappa shape index (κ3) is 6.55. The molecule has 6 rings (SSSR count). The standard InChI is InChI=1S/C26H10Cl5F2N9O3/c27-10-4-34-23(35-5-10)43-25-38-8-14(30)18(40-25)12-2-1-3-13(29)16(12)20-17(22(32)33)21(45-42-20)19-15(31)9-39-26(41-19)44-24-36-6-11(28)7-37-24/h1-9,22H. The van der Waals surface area contributed by atoms with Crippen molar-refractivity contribution in [3.8, 4) is 58.0 Å². The normalized spacial score (nSPS) is 11.2. The minimum atomic E-state index is -3.15. The van der Waals surface area contributed by atoms with Crippen LogP contribution in [-0.2, 0) is 0 Å². The fourth-order valence-corrected chi connectivity index (χ4v) is 4.66. The maximum Gasteiger partial charge on any atom is 0.325 e. The van der Waals surface area contributed by atoms with Crippen LogP contribution in [0.1, 0.15) is 12.0 Å². The average molecular weight is 712 g/mol. The van der Waals surface area contributed by atoms with Crippen LogP contribution in [0.4, 0.5) is 8.78 Å². The Kier molecular flexibility index (Phi) is 8.83. The van der Waals surface area contributed by atoms with E-state index in [1.807, 2.05) is 0 Å². The summed E-state index contributed by atoms with van der Waals surface area (Å²) < 4.78 is 45.9. The van der Waals surface area contributed by atoms with Gasteiger partial charge < -0.3 is 14.0 Å². The average Bonchev–Trinajstić information content (AvgIpc) is 3.46. The lowest BCUT2D eigenvalue weighted by molar-refractivity contribution is 0.152. The van der Waals surface area contributed by atoms with Crippen LogP contribution in [0.25, 0.3) is 34.0 Å². The number of rotatable bonds is 8. The molecule has 0 aliphatic heterocycles. The molecule has 12 nitrogen and oxygen atoms in total. The van der Waals surface area contributed by atoms with Gasteiger partial charge in [0, 0.05) is 11.1 Å². The van der Waals surface area contributed by atoms with E-state index in [4.69, 9.17) is 72.0 Å². The summed E-state index contributed by atoms with van der Waals surface area (Å²) in [4.78, 5) is 32.1. The van der Waals surface area contributed by atoms with Gasteiger partial charge in [0.05, 0.1) is 73.6 Å². The summed E-state index contributed by atoms with van der Waals surface area (Å²) >= 11 is 30.9. The highest BCUT2D eigenvalue weighted by molar-refractivity contribution is 6.35. The van der Waals surface area contributed by atoms with E-state index in [1.165, 1.54) is 43.1 Å². The molecule has 0 aliphatic carbocycles. The molecule has 0 amide bonds. The van der Waals surface area contributed by atoms with Crippen LogP contribution in [0.15, 0.2) is 59.9 Å². The molecule has 19 heteroatoms. The van der Waals surface area contributed by atoms with Crippen molar-refractivity contribution in [3.63, 3.8) is 0 Å². The van der Waals surface area contributed by atoms with Crippen LogP contribution in [0.5, 0.6) is 24.0 Å². The first-order valence-electron chi connectivity index (χ1n) is 12.1. The highest BCUT2D eigenvalue weighted by Crippen LogP contribution is 2.46. The molecule has 226 valence electrons. The molecule has 5 heterocycles. The Hall–Kier alpha value is -4.34. The largest absolute Gasteiger partial charge is 0.388 e. The molecule has 0 bridgehead atoms. The molecule has 45 heavy (non-hydrogen) atoms. The van der Waals surface area contributed by atoms with E-state index < -0.39 is 17.7 Å². The Bertz CT molecular complexity index is 2020. The Labute approximate surface area is 275 Å². The second-order valence-electron chi connectivity index (χ2n) is 8.51. The van der Waals surface area contributed by atoms with Gasteiger partial charge in [-0.3, -0.25) is 0 Å². The zero-order valence-corrected chi connectivity index (χ0v) is 25.4. The third-order valence-corrected chi connectivity index (χ3v) is 6.93. The Morgan fingerprint density at radius 2 is 1.11 bits per heavy atom. The van der Waals surface area contributed by atoms with E-state index in [2.05, 4.69) is 45.0 Å². The summed E-state index contributed by atoms with van der Waals surface area (Å²) in [5.41, 5.74) is -1.01. The molecule has 0 aliphatic rings. The Balaban J connectivity index is 1.44. The maximum absolute atomic E-state index is 14.8. The van der Waals surface area contributed by atoms with Crippen molar-refractivity contribution in [2.45, 2.75) is 6.43 Å². The fourth-order valence-electron chi connectivity index (χ4n) is 3.83. The molecule has 0 atom stereocenters. The van der Waals surface area contributed by atoms with Crippen LogP contribution < -0.4 is 9.47 Å².